The van der Waals surface area contributed by atoms with E-state index in [0.717, 1.165) is 47.8 Å². The Hall–Kier alpha value is -0.530. The van der Waals surface area contributed by atoms with Crippen molar-refractivity contribution in [3.8, 4) is 0 Å². The third kappa shape index (κ3) is 2.89. The van der Waals surface area contributed by atoms with Crippen LogP contribution in [0.5, 0.6) is 0 Å². The molecule has 0 amide bonds. The highest BCUT2D eigenvalue weighted by molar-refractivity contribution is 5.71. The maximum atomic E-state index is 11.3. The van der Waals surface area contributed by atoms with E-state index in [4.69, 9.17) is 0 Å². The second-order valence-electron chi connectivity index (χ2n) is 11.9. The van der Waals surface area contributed by atoms with E-state index in [1.54, 1.807) is 38.5 Å². The molecule has 0 spiro atoms. The molecule has 29 heavy (non-hydrogen) atoms. The molecule has 7 rings (SSSR count). The molecule has 0 aromatic rings. The molecule has 2 nitrogen and oxygen atoms in total. The van der Waals surface area contributed by atoms with Gasteiger partial charge in [0.05, 0.1) is 5.92 Å². The third-order valence-electron chi connectivity index (χ3n) is 11.5. The first-order chi connectivity index (χ1) is 14.0. The Labute approximate surface area is 178 Å². The highest BCUT2D eigenvalue weighted by Crippen LogP contribution is 2.71. The Bertz CT molecular complexity index is 612. The number of aliphatic carboxylic acids is 1. The van der Waals surface area contributed by atoms with Crippen LogP contribution in [0.3, 0.4) is 0 Å². The van der Waals surface area contributed by atoms with Crippen LogP contribution in [0, 0.1) is 76.9 Å². The molecular formula is C27H44O2. The van der Waals surface area contributed by atoms with Gasteiger partial charge in [-0.2, -0.15) is 0 Å². The van der Waals surface area contributed by atoms with Crippen LogP contribution in [0.15, 0.2) is 0 Å². The zero-order valence-corrected chi connectivity index (χ0v) is 19.2. The summed E-state index contributed by atoms with van der Waals surface area (Å²) < 4.78 is 0. The topological polar surface area (TPSA) is 37.3 Å². The summed E-state index contributed by atoms with van der Waals surface area (Å²) in [7, 11) is 0. The largest absolute Gasteiger partial charge is 0.481 e. The first kappa shape index (κ1) is 20.4. The molecule has 13 unspecified atom stereocenters. The van der Waals surface area contributed by atoms with Crippen molar-refractivity contribution in [1.82, 2.24) is 0 Å². The molecule has 7 fully saturated rings. The summed E-state index contributed by atoms with van der Waals surface area (Å²) >= 11 is 0. The minimum Gasteiger partial charge on any atom is -0.481 e. The molecule has 2 heteroatoms. The van der Waals surface area contributed by atoms with Crippen molar-refractivity contribution in [3.63, 3.8) is 0 Å². The first-order valence-electron chi connectivity index (χ1n) is 13.3. The molecule has 0 saturated heterocycles. The van der Waals surface area contributed by atoms with E-state index < -0.39 is 5.97 Å². The smallest absolute Gasteiger partial charge is 0.306 e. The lowest BCUT2D eigenvalue weighted by Gasteiger charge is -2.42. The molecule has 0 heterocycles. The highest BCUT2D eigenvalue weighted by atomic mass is 16.4. The van der Waals surface area contributed by atoms with Gasteiger partial charge in [-0.05, 0) is 122 Å². The molecule has 1 N–H and O–H groups in total. The Kier molecular flexibility index (Phi) is 5.31. The quantitative estimate of drug-likeness (QED) is 0.495. The maximum absolute atomic E-state index is 11.3. The van der Waals surface area contributed by atoms with Crippen molar-refractivity contribution in [2.75, 3.05) is 0 Å². The monoisotopic (exact) mass is 400 g/mol. The number of carboxylic acids is 1. The van der Waals surface area contributed by atoms with E-state index in [0.29, 0.717) is 5.92 Å². The summed E-state index contributed by atoms with van der Waals surface area (Å²) in [6.07, 6.45) is 13.2. The van der Waals surface area contributed by atoms with Crippen LogP contribution in [0.25, 0.3) is 0 Å². The third-order valence-corrected chi connectivity index (χ3v) is 11.5. The fraction of sp³-hybridized carbons (Fsp3) is 0.963. The van der Waals surface area contributed by atoms with Gasteiger partial charge >= 0.3 is 5.97 Å². The number of carbonyl (C=O) groups is 1. The maximum Gasteiger partial charge on any atom is 0.306 e. The van der Waals surface area contributed by atoms with E-state index in [-0.39, 0.29) is 5.92 Å². The highest BCUT2D eigenvalue weighted by Gasteiger charge is 2.66. The summed E-state index contributed by atoms with van der Waals surface area (Å²) in [6, 6.07) is 0. The average Bonchev–Trinajstić information content (AvgIpc) is 3.54. The second kappa shape index (κ2) is 7.56. The van der Waals surface area contributed by atoms with Crippen molar-refractivity contribution in [2.45, 2.75) is 85.5 Å². The van der Waals surface area contributed by atoms with Crippen molar-refractivity contribution in [1.29, 1.82) is 0 Å². The number of hydrogen-bond donors (Lipinski definition) is 1. The van der Waals surface area contributed by atoms with Gasteiger partial charge < -0.3 is 5.11 Å². The molecule has 0 aliphatic heterocycles. The fourth-order valence-corrected chi connectivity index (χ4v) is 10.5. The molecule has 7 aliphatic carbocycles. The van der Waals surface area contributed by atoms with Crippen LogP contribution in [0.2, 0.25) is 0 Å². The number of hydrogen-bond acceptors (Lipinski definition) is 1. The van der Waals surface area contributed by atoms with Gasteiger partial charge in [0.2, 0.25) is 0 Å². The number of fused-ring (bicyclic) bond motifs is 14. The van der Waals surface area contributed by atoms with Crippen LogP contribution in [0.4, 0.5) is 0 Å². The molecule has 13 atom stereocenters. The lowest BCUT2D eigenvalue weighted by atomic mass is 9.62. The molecule has 6 bridgehead atoms. The van der Waals surface area contributed by atoms with E-state index in [2.05, 4.69) is 13.8 Å². The van der Waals surface area contributed by atoms with Gasteiger partial charge in [-0.25, -0.2) is 0 Å². The van der Waals surface area contributed by atoms with Gasteiger partial charge in [0, 0.05) is 0 Å². The lowest BCUT2D eigenvalue weighted by molar-refractivity contribution is -0.145. The standard InChI is InChI=1S/C15H22O2.C10H16.C2H6/c1-6-7(2)10-5-9(6)13-8-3-11(14(10)13)12(4-8)15(16)17;1-2-9-7-4-5-8(6-7)10(9)3-1;1-2/h6-14H,3-5H2,1-2H3,(H,16,17);7-10H,1-6H2;1-2H3. The van der Waals surface area contributed by atoms with Gasteiger partial charge in [-0.15, -0.1) is 0 Å². The zero-order valence-electron chi connectivity index (χ0n) is 19.2. The summed E-state index contributed by atoms with van der Waals surface area (Å²) in [5.74, 6) is 10.8. The fourth-order valence-electron chi connectivity index (χ4n) is 10.5. The molecule has 7 saturated carbocycles. The minimum absolute atomic E-state index is 0.00288. The van der Waals surface area contributed by atoms with Gasteiger partial charge in [-0.1, -0.05) is 34.1 Å². The molecule has 164 valence electrons. The van der Waals surface area contributed by atoms with Gasteiger partial charge in [-0.3, -0.25) is 4.79 Å². The van der Waals surface area contributed by atoms with Gasteiger partial charge in [0.15, 0.2) is 0 Å². The van der Waals surface area contributed by atoms with Crippen LogP contribution in [-0.2, 0) is 4.79 Å². The first-order valence-corrected chi connectivity index (χ1v) is 13.3. The normalized spacial score (nSPS) is 57.0. The predicted octanol–water partition coefficient (Wildman–Crippen LogP) is 6.74. The summed E-state index contributed by atoms with van der Waals surface area (Å²) in [5, 5.41) is 9.34. The Morgan fingerprint density at radius 1 is 0.655 bits per heavy atom. The molecule has 0 aromatic heterocycles. The van der Waals surface area contributed by atoms with Crippen LogP contribution < -0.4 is 0 Å². The van der Waals surface area contributed by atoms with E-state index >= 15 is 0 Å². The van der Waals surface area contributed by atoms with Crippen LogP contribution in [-0.4, -0.2) is 11.1 Å². The van der Waals surface area contributed by atoms with Crippen LogP contribution in [0.1, 0.15) is 85.5 Å². The summed E-state index contributed by atoms with van der Waals surface area (Å²) in [5.41, 5.74) is 0. The predicted molar refractivity (Wildman–Crippen MR) is 117 cm³/mol. The SMILES string of the molecule is C1CC2C3CCC(C3)C2C1.CC.CC1C(C)C2CC1C1C3CC(C(=O)O)C(C3)C21. The van der Waals surface area contributed by atoms with Crippen molar-refractivity contribution in [3.05, 3.63) is 0 Å². The summed E-state index contributed by atoms with van der Waals surface area (Å²) in [4.78, 5) is 11.3. The Morgan fingerprint density at radius 2 is 1.24 bits per heavy atom. The van der Waals surface area contributed by atoms with E-state index in [1.165, 1.54) is 36.5 Å². The van der Waals surface area contributed by atoms with E-state index in [9.17, 15) is 9.90 Å². The van der Waals surface area contributed by atoms with Gasteiger partial charge in [0.1, 0.15) is 0 Å². The Balaban J connectivity index is 0.000000128. The summed E-state index contributed by atoms with van der Waals surface area (Å²) in [6.45, 7) is 8.85. The van der Waals surface area contributed by atoms with Crippen molar-refractivity contribution >= 4 is 5.97 Å². The number of rotatable bonds is 1. The second-order valence-corrected chi connectivity index (χ2v) is 11.9. The average molecular weight is 401 g/mol. The molecule has 7 aliphatic rings. The number of carboxylic acid groups (broad SMARTS) is 1. The van der Waals surface area contributed by atoms with Gasteiger partial charge in [0.25, 0.3) is 0 Å². The minimum atomic E-state index is -0.514. The molecule has 0 radical (unpaired) electrons. The zero-order chi connectivity index (χ0) is 20.4. The molecular weight excluding hydrogens is 356 g/mol. The van der Waals surface area contributed by atoms with Crippen molar-refractivity contribution < 1.29 is 9.90 Å². The van der Waals surface area contributed by atoms with E-state index in [1.807, 2.05) is 13.8 Å². The lowest BCUT2D eigenvalue weighted by Crippen LogP contribution is -2.40. The Morgan fingerprint density at radius 3 is 1.83 bits per heavy atom. The molecule has 0 aromatic carbocycles. The van der Waals surface area contributed by atoms with Crippen molar-refractivity contribution in [2.24, 2.45) is 76.9 Å². The van der Waals surface area contributed by atoms with Crippen LogP contribution >= 0.6 is 0 Å².